The number of imidazole rings is 1. The van der Waals surface area contributed by atoms with Crippen molar-refractivity contribution in [1.82, 2.24) is 29.5 Å². The second-order valence-electron chi connectivity index (χ2n) is 5.92. The van der Waals surface area contributed by atoms with Crippen LogP contribution in [-0.2, 0) is 0 Å². The Kier molecular flexibility index (Phi) is 3.33. The van der Waals surface area contributed by atoms with E-state index in [1.165, 1.54) is 6.33 Å². The van der Waals surface area contributed by atoms with Gasteiger partial charge in [0.15, 0.2) is 5.65 Å². The Morgan fingerprint density at radius 1 is 1.39 bits per heavy atom. The normalized spacial score (nSPS) is 18.5. The summed E-state index contributed by atoms with van der Waals surface area (Å²) in [6.45, 7) is 2.69. The lowest BCUT2D eigenvalue weighted by molar-refractivity contribution is 0.0600. The molecule has 7 nitrogen and oxygen atoms in total. The fourth-order valence-electron chi connectivity index (χ4n) is 3.21. The summed E-state index contributed by atoms with van der Waals surface area (Å²) in [7, 11) is 0. The molecule has 4 heterocycles. The highest BCUT2D eigenvalue weighted by molar-refractivity contribution is 5.92. The van der Waals surface area contributed by atoms with E-state index in [4.69, 9.17) is 4.98 Å². The van der Waals surface area contributed by atoms with Crippen LogP contribution in [0.15, 0.2) is 30.9 Å². The summed E-state index contributed by atoms with van der Waals surface area (Å²) in [4.78, 5) is 26.2. The first-order valence-electron chi connectivity index (χ1n) is 7.84. The molecule has 1 saturated heterocycles. The second-order valence-corrected chi connectivity index (χ2v) is 5.92. The Bertz CT molecular complexity index is 838. The summed E-state index contributed by atoms with van der Waals surface area (Å²) in [5, 5.41) is 4.35. The van der Waals surface area contributed by atoms with E-state index in [9.17, 15) is 4.79 Å². The first-order valence-corrected chi connectivity index (χ1v) is 7.84. The van der Waals surface area contributed by atoms with E-state index >= 15 is 0 Å². The molecule has 3 aromatic heterocycles. The van der Waals surface area contributed by atoms with E-state index in [-0.39, 0.29) is 11.9 Å². The van der Waals surface area contributed by atoms with Crippen LogP contribution in [0.25, 0.3) is 5.65 Å². The van der Waals surface area contributed by atoms with Crippen molar-refractivity contribution in [2.75, 3.05) is 6.54 Å². The summed E-state index contributed by atoms with van der Waals surface area (Å²) in [5.74, 6) is -0.0152. The number of hydrogen-bond acceptors (Lipinski definition) is 4. The van der Waals surface area contributed by atoms with Crippen LogP contribution in [0.1, 0.15) is 47.2 Å². The maximum absolute atomic E-state index is 12.7. The van der Waals surface area contributed by atoms with Crippen molar-refractivity contribution in [1.29, 1.82) is 0 Å². The molecule has 23 heavy (non-hydrogen) atoms. The van der Waals surface area contributed by atoms with Crippen molar-refractivity contribution in [3.63, 3.8) is 0 Å². The minimum absolute atomic E-state index is 0.000226. The maximum atomic E-state index is 12.7. The number of nitrogens with one attached hydrogen (secondary N) is 1. The Morgan fingerprint density at radius 2 is 2.30 bits per heavy atom. The molecule has 1 aliphatic heterocycles. The highest BCUT2D eigenvalue weighted by Gasteiger charge is 2.30. The van der Waals surface area contributed by atoms with Gasteiger partial charge in [0.25, 0.3) is 5.91 Å². The lowest BCUT2D eigenvalue weighted by Gasteiger charge is -2.35. The Hall–Kier alpha value is -2.70. The number of nitrogens with zero attached hydrogens (tertiary/aromatic N) is 5. The Balaban J connectivity index is 1.69. The average molecular weight is 310 g/mol. The lowest BCUT2D eigenvalue weighted by atomic mass is 9.98. The summed E-state index contributed by atoms with van der Waals surface area (Å²) < 4.78 is 1.77. The minimum Gasteiger partial charge on any atom is -0.341 e. The smallest absolute Gasteiger partial charge is 0.272 e. The topological polar surface area (TPSA) is 79.2 Å². The number of likely N-dealkylation sites (tertiary alicyclic amines) is 1. The van der Waals surface area contributed by atoms with Gasteiger partial charge in [-0.3, -0.25) is 4.79 Å². The van der Waals surface area contributed by atoms with E-state index in [1.807, 2.05) is 30.2 Å². The fourth-order valence-corrected chi connectivity index (χ4v) is 3.21. The van der Waals surface area contributed by atoms with Crippen molar-refractivity contribution in [3.8, 4) is 0 Å². The predicted molar refractivity (Wildman–Crippen MR) is 83.9 cm³/mol. The van der Waals surface area contributed by atoms with Gasteiger partial charge in [-0.2, -0.15) is 5.10 Å². The van der Waals surface area contributed by atoms with Crippen molar-refractivity contribution in [3.05, 3.63) is 47.9 Å². The highest BCUT2D eigenvalue weighted by atomic mass is 16.2. The summed E-state index contributed by atoms with van der Waals surface area (Å²) >= 11 is 0. The monoisotopic (exact) mass is 310 g/mol. The Morgan fingerprint density at radius 3 is 3.13 bits per heavy atom. The van der Waals surface area contributed by atoms with Crippen molar-refractivity contribution in [2.24, 2.45) is 0 Å². The molecular formula is C16H18N6O. The van der Waals surface area contributed by atoms with Crippen LogP contribution in [0.5, 0.6) is 0 Å². The second kappa shape index (κ2) is 5.49. The number of rotatable bonds is 2. The number of H-pyrrole nitrogens is 1. The lowest BCUT2D eigenvalue weighted by Crippen LogP contribution is -2.39. The zero-order valence-electron chi connectivity index (χ0n) is 12.9. The number of aromatic amines is 1. The van der Waals surface area contributed by atoms with Gasteiger partial charge in [0.05, 0.1) is 30.0 Å². The highest BCUT2D eigenvalue weighted by Crippen LogP contribution is 2.31. The van der Waals surface area contributed by atoms with Gasteiger partial charge in [0.2, 0.25) is 0 Å². The molecule has 0 spiro atoms. The van der Waals surface area contributed by atoms with Gasteiger partial charge >= 0.3 is 0 Å². The van der Waals surface area contributed by atoms with Crippen molar-refractivity contribution >= 4 is 11.6 Å². The van der Waals surface area contributed by atoms with Crippen molar-refractivity contribution < 1.29 is 4.79 Å². The molecule has 1 amide bonds. The van der Waals surface area contributed by atoms with E-state index in [1.54, 1.807) is 10.7 Å². The quantitative estimate of drug-likeness (QED) is 0.786. The predicted octanol–water partition coefficient (Wildman–Crippen LogP) is 2.13. The van der Waals surface area contributed by atoms with Gasteiger partial charge in [-0.25, -0.2) is 14.5 Å². The molecule has 4 rings (SSSR count). The number of aryl methyl sites for hydroxylation is 1. The summed E-state index contributed by atoms with van der Waals surface area (Å²) in [5.41, 5.74) is 3.20. The fraction of sp³-hybridized carbons (Fsp3) is 0.375. The third-order valence-electron chi connectivity index (χ3n) is 4.30. The molecule has 0 radical (unpaired) electrons. The molecule has 0 bridgehead atoms. The van der Waals surface area contributed by atoms with Crippen LogP contribution in [0.3, 0.4) is 0 Å². The molecule has 3 aromatic rings. The number of aromatic nitrogens is 5. The van der Waals surface area contributed by atoms with Gasteiger partial charge in [0.1, 0.15) is 5.69 Å². The first kappa shape index (κ1) is 13.9. The van der Waals surface area contributed by atoms with Gasteiger partial charge < -0.3 is 9.88 Å². The average Bonchev–Trinajstić information content (AvgIpc) is 3.22. The SMILES string of the molecule is Cc1cc2nc([C@@H]3CCCCN3C(=O)c3cnc[nH]3)ccn2n1. The van der Waals surface area contributed by atoms with Crippen molar-refractivity contribution in [2.45, 2.75) is 32.2 Å². The number of amides is 1. The van der Waals surface area contributed by atoms with Crippen LogP contribution in [0.2, 0.25) is 0 Å². The van der Waals surface area contributed by atoms with Gasteiger partial charge in [-0.1, -0.05) is 0 Å². The van der Waals surface area contributed by atoms with Crippen LogP contribution in [0.4, 0.5) is 0 Å². The molecule has 1 atom stereocenters. The minimum atomic E-state index is -0.0152. The molecule has 0 saturated carbocycles. The maximum Gasteiger partial charge on any atom is 0.272 e. The zero-order chi connectivity index (χ0) is 15.8. The number of hydrogen-bond donors (Lipinski definition) is 1. The van der Waals surface area contributed by atoms with E-state index in [0.29, 0.717) is 5.69 Å². The first-order chi connectivity index (χ1) is 11.2. The largest absolute Gasteiger partial charge is 0.341 e. The van der Waals surface area contributed by atoms with Crippen LogP contribution >= 0.6 is 0 Å². The van der Waals surface area contributed by atoms with Gasteiger partial charge in [0, 0.05) is 18.8 Å². The molecular weight excluding hydrogens is 292 g/mol. The number of carbonyl (C=O) groups excluding carboxylic acids is 1. The number of carbonyl (C=O) groups is 1. The molecule has 0 aliphatic carbocycles. The van der Waals surface area contributed by atoms with Crippen LogP contribution in [-0.4, -0.2) is 41.9 Å². The Labute approximate surface area is 133 Å². The number of fused-ring (bicyclic) bond motifs is 1. The molecule has 1 aliphatic rings. The summed E-state index contributed by atoms with van der Waals surface area (Å²) in [6.07, 6.45) is 8.07. The standard InChI is InChI=1S/C16H18N6O/c1-11-8-15-19-12(5-7-22(15)20-11)14-4-2-3-6-21(14)16(23)13-9-17-10-18-13/h5,7-10,14H,2-4,6H2,1H3,(H,17,18)/t14-/m0/s1. The third-order valence-corrected chi connectivity index (χ3v) is 4.30. The van der Waals surface area contributed by atoms with Crippen LogP contribution in [0, 0.1) is 6.92 Å². The van der Waals surface area contributed by atoms with E-state index in [0.717, 1.165) is 42.8 Å². The van der Waals surface area contributed by atoms with Gasteiger partial charge in [-0.05, 0) is 32.3 Å². The van der Waals surface area contributed by atoms with Crippen LogP contribution < -0.4 is 0 Å². The molecule has 1 N–H and O–H groups in total. The van der Waals surface area contributed by atoms with Gasteiger partial charge in [-0.15, -0.1) is 0 Å². The molecule has 118 valence electrons. The molecule has 1 fully saturated rings. The molecule has 7 heteroatoms. The van der Waals surface area contributed by atoms with E-state index in [2.05, 4.69) is 15.1 Å². The zero-order valence-corrected chi connectivity index (χ0v) is 12.9. The van der Waals surface area contributed by atoms with E-state index < -0.39 is 0 Å². The molecule has 0 unspecified atom stereocenters. The summed E-state index contributed by atoms with van der Waals surface area (Å²) in [6, 6.07) is 3.91. The number of piperidine rings is 1. The molecule has 0 aromatic carbocycles. The third kappa shape index (κ3) is 2.48.